The second-order valence-electron chi connectivity index (χ2n) is 6.83. The molecule has 2 aliphatic carbocycles. The van der Waals surface area contributed by atoms with Crippen LogP contribution in [0.2, 0.25) is 0 Å². The summed E-state index contributed by atoms with van der Waals surface area (Å²) in [5.74, 6) is 1.86. The van der Waals surface area contributed by atoms with Crippen LogP contribution in [0.5, 0.6) is 0 Å². The molecule has 2 fully saturated rings. The van der Waals surface area contributed by atoms with Gasteiger partial charge in [0.2, 0.25) is 0 Å². The largest absolute Gasteiger partial charge is 0.313 e. The molecule has 2 saturated carbocycles. The normalized spacial score (nSPS) is 32.0. The summed E-state index contributed by atoms with van der Waals surface area (Å²) in [5.41, 5.74) is 0. The number of nitrogens with one attached hydrogen (secondary N) is 1. The van der Waals surface area contributed by atoms with Crippen LogP contribution in [-0.2, 0) is 0 Å². The highest BCUT2D eigenvalue weighted by Gasteiger charge is 2.36. The second-order valence-corrected chi connectivity index (χ2v) is 8.11. The molecule has 0 aromatic rings. The van der Waals surface area contributed by atoms with Gasteiger partial charge in [-0.1, -0.05) is 33.1 Å². The Bertz CT molecular complexity index is 242. The van der Waals surface area contributed by atoms with Gasteiger partial charge in [-0.25, -0.2) is 0 Å². The minimum atomic E-state index is 0.601. The molecule has 2 atom stereocenters. The summed E-state index contributed by atoms with van der Waals surface area (Å²) in [5, 5.41) is 3.89. The Hall–Kier alpha value is 0.310. The molecule has 106 valence electrons. The third kappa shape index (κ3) is 3.66. The Morgan fingerprint density at radius 1 is 1.11 bits per heavy atom. The zero-order valence-electron chi connectivity index (χ0n) is 12.5. The lowest BCUT2D eigenvalue weighted by Crippen LogP contribution is -2.46. The molecule has 0 saturated heterocycles. The smallest absolute Gasteiger partial charge is 0.0281 e. The Morgan fingerprint density at radius 2 is 1.89 bits per heavy atom. The van der Waals surface area contributed by atoms with Crippen molar-refractivity contribution in [2.75, 3.05) is 12.8 Å². The molecule has 0 bridgehead atoms. The van der Waals surface area contributed by atoms with E-state index >= 15 is 0 Å². The molecule has 2 aliphatic rings. The zero-order valence-corrected chi connectivity index (χ0v) is 13.3. The fourth-order valence-electron chi connectivity index (χ4n) is 3.56. The lowest BCUT2D eigenvalue weighted by atomic mass is 9.84. The molecule has 0 radical (unpaired) electrons. The summed E-state index contributed by atoms with van der Waals surface area (Å²) < 4.78 is 0.601. The molecule has 2 heteroatoms. The maximum atomic E-state index is 3.89. The average molecular weight is 269 g/mol. The quantitative estimate of drug-likeness (QED) is 0.739. The first-order valence-electron chi connectivity index (χ1n) is 7.94. The number of rotatable bonds is 5. The molecule has 0 amide bonds. The van der Waals surface area contributed by atoms with Gasteiger partial charge in [-0.2, -0.15) is 11.8 Å². The molecule has 0 aromatic carbocycles. The first-order chi connectivity index (χ1) is 8.65. The molecule has 1 nitrogen and oxygen atoms in total. The van der Waals surface area contributed by atoms with E-state index in [9.17, 15) is 0 Å². The van der Waals surface area contributed by atoms with E-state index in [0.717, 1.165) is 17.9 Å². The van der Waals surface area contributed by atoms with Crippen molar-refractivity contribution in [1.82, 2.24) is 5.32 Å². The van der Waals surface area contributed by atoms with E-state index in [-0.39, 0.29) is 0 Å². The fraction of sp³-hybridized carbons (Fsp3) is 1.00. The maximum Gasteiger partial charge on any atom is 0.0281 e. The highest BCUT2D eigenvalue weighted by Crippen LogP contribution is 2.42. The van der Waals surface area contributed by atoms with Crippen molar-refractivity contribution in [3.63, 3.8) is 0 Å². The van der Waals surface area contributed by atoms with Crippen molar-refractivity contribution < 1.29 is 0 Å². The summed E-state index contributed by atoms with van der Waals surface area (Å²) in [4.78, 5) is 0. The highest BCUT2D eigenvalue weighted by atomic mass is 32.2. The van der Waals surface area contributed by atoms with Crippen LogP contribution in [0.3, 0.4) is 0 Å². The lowest BCUT2D eigenvalue weighted by molar-refractivity contribution is 0.313. The zero-order chi connectivity index (χ0) is 13.0. The van der Waals surface area contributed by atoms with E-state index in [1.54, 1.807) is 0 Å². The molecular weight excluding hydrogens is 238 g/mol. The Kier molecular flexibility index (Phi) is 5.44. The van der Waals surface area contributed by atoms with Gasteiger partial charge in [0, 0.05) is 17.3 Å². The van der Waals surface area contributed by atoms with Gasteiger partial charge in [-0.3, -0.25) is 0 Å². The van der Waals surface area contributed by atoms with Crippen molar-refractivity contribution >= 4 is 11.8 Å². The fourth-order valence-corrected chi connectivity index (χ4v) is 4.48. The molecule has 0 heterocycles. The van der Waals surface area contributed by atoms with E-state index in [2.05, 4.69) is 37.2 Å². The van der Waals surface area contributed by atoms with Crippen molar-refractivity contribution in [2.45, 2.75) is 76.0 Å². The monoisotopic (exact) mass is 269 g/mol. The van der Waals surface area contributed by atoms with E-state index in [4.69, 9.17) is 0 Å². The third-order valence-corrected chi connectivity index (χ3v) is 6.79. The van der Waals surface area contributed by atoms with Gasteiger partial charge in [0.25, 0.3) is 0 Å². The molecular formula is C16H31NS. The van der Waals surface area contributed by atoms with Crippen LogP contribution in [0.1, 0.15) is 65.2 Å². The van der Waals surface area contributed by atoms with E-state index in [1.807, 2.05) is 0 Å². The van der Waals surface area contributed by atoms with Gasteiger partial charge in [-0.05, 0) is 50.2 Å². The van der Waals surface area contributed by atoms with Gasteiger partial charge in [0.15, 0.2) is 0 Å². The lowest BCUT2D eigenvalue weighted by Gasteiger charge is -2.41. The summed E-state index contributed by atoms with van der Waals surface area (Å²) in [7, 11) is 0. The Balaban J connectivity index is 1.73. The molecule has 2 rings (SSSR count). The summed E-state index contributed by atoms with van der Waals surface area (Å²) in [6.07, 6.45) is 13.8. The van der Waals surface area contributed by atoms with E-state index in [0.29, 0.717) is 4.75 Å². The van der Waals surface area contributed by atoms with Crippen LogP contribution in [-0.4, -0.2) is 23.6 Å². The molecule has 0 aliphatic heterocycles. The SMILES string of the molecule is CSC1(CNC2CCCC(C(C)C)CC2)CCC1. The van der Waals surface area contributed by atoms with Crippen LogP contribution in [0, 0.1) is 11.8 Å². The van der Waals surface area contributed by atoms with E-state index < -0.39 is 0 Å². The predicted molar refractivity (Wildman–Crippen MR) is 83.3 cm³/mol. The van der Waals surface area contributed by atoms with Gasteiger partial charge in [-0.15, -0.1) is 0 Å². The number of hydrogen-bond acceptors (Lipinski definition) is 2. The number of hydrogen-bond donors (Lipinski definition) is 1. The van der Waals surface area contributed by atoms with Crippen molar-refractivity contribution in [3.8, 4) is 0 Å². The molecule has 0 spiro atoms. The Morgan fingerprint density at radius 3 is 2.44 bits per heavy atom. The topological polar surface area (TPSA) is 12.0 Å². The second kappa shape index (κ2) is 6.65. The standard InChI is InChI=1S/C16H31NS/c1-13(2)14-6-4-7-15(9-8-14)17-12-16(18-3)10-5-11-16/h13-15,17H,4-12H2,1-3H3. The summed E-state index contributed by atoms with van der Waals surface area (Å²) >= 11 is 2.10. The maximum absolute atomic E-state index is 3.89. The van der Waals surface area contributed by atoms with Crippen LogP contribution in [0.15, 0.2) is 0 Å². The number of thioether (sulfide) groups is 1. The van der Waals surface area contributed by atoms with Crippen molar-refractivity contribution in [1.29, 1.82) is 0 Å². The average Bonchev–Trinajstić information content (AvgIpc) is 2.54. The molecule has 1 N–H and O–H groups in total. The van der Waals surface area contributed by atoms with Gasteiger partial charge >= 0.3 is 0 Å². The van der Waals surface area contributed by atoms with Crippen LogP contribution in [0.4, 0.5) is 0 Å². The summed E-state index contributed by atoms with van der Waals surface area (Å²) in [6.45, 7) is 6.05. The first kappa shape index (κ1) is 14.7. The highest BCUT2D eigenvalue weighted by molar-refractivity contribution is 8.00. The summed E-state index contributed by atoms with van der Waals surface area (Å²) in [6, 6.07) is 0.804. The minimum Gasteiger partial charge on any atom is -0.313 e. The predicted octanol–water partition coefficient (Wildman–Crippen LogP) is 4.47. The Labute approximate surface area is 118 Å². The first-order valence-corrected chi connectivity index (χ1v) is 9.16. The van der Waals surface area contributed by atoms with Crippen LogP contribution < -0.4 is 5.32 Å². The van der Waals surface area contributed by atoms with Crippen LogP contribution >= 0.6 is 11.8 Å². The van der Waals surface area contributed by atoms with Gasteiger partial charge in [0.05, 0.1) is 0 Å². The molecule has 18 heavy (non-hydrogen) atoms. The van der Waals surface area contributed by atoms with Gasteiger partial charge < -0.3 is 5.32 Å². The van der Waals surface area contributed by atoms with Crippen LogP contribution in [0.25, 0.3) is 0 Å². The van der Waals surface area contributed by atoms with E-state index in [1.165, 1.54) is 57.9 Å². The van der Waals surface area contributed by atoms with Crippen molar-refractivity contribution in [3.05, 3.63) is 0 Å². The van der Waals surface area contributed by atoms with Gasteiger partial charge in [0.1, 0.15) is 0 Å². The third-order valence-electron chi connectivity index (χ3n) is 5.37. The van der Waals surface area contributed by atoms with Crippen molar-refractivity contribution in [2.24, 2.45) is 11.8 Å². The minimum absolute atomic E-state index is 0.601. The molecule has 0 aromatic heterocycles. The molecule has 2 unspecified atom stereocenters.